The first-order valence-corrected chi connectivity index (χ1v) is 8.51. The smallest absolute Gasteiger partial charge is 0.414 e. The first kappa shape index (κ1) is 23.3. The average Bonchev–Trinajstić information content (AvgIpc) is 2.64. The molecule has 0 aliphatic carbocycles. The second-order valence-corrected chi connectivity index (χ2v) is 6.41. The third kappa shape index (κ3) is 7.85. The third-order valence-electron chi connectivity index (χ3n) is 3.50. The largest absolute Gasteiger partial charge is 0.473 e. The molecule has 150 valence electrons. The molecule has 0 spiro atoms. The maximum Gasteiger partial charge on any atom is 0.414 e. The highest BCUT2D eigenvalue weighted by molar-refractivity contribution is 6.33. The topological polar surface area (TPSA) is 77.8 Å². The van der Waals surface area contributed by atoms with Gasteiger partial charge in [0.15, 0.2) is 0 Å². The zero-order chi connectivity index (χ0) is 21.3. The van der Waals surface area contributed by atoms with E-state index in [-0.39, 0.29) is 11.6 Å². The quantitative estimate of drug-likeness (QED) is 0.725. The minimum Gasteiger partial charge on any atom is -0.473 e. The Morgan fingerprint density at radius 3 is 1.50 bits per heavy atom. The van der Waals surface area contributed by atoms with Gasteiger partial charge in [-0.2, -0.15) is 0 Å². The molecule has 0 aliphatic rings. The van der Waals surface area contributed by atoms with Crippen molar-refractivity contribution < 1.29 is 28.6 Å². The minimum absolute atomic E-state index is 0.299. The monoisotopic (exact) mass is 411 g/mol. The molecule has 8 heteroatoms. The summed E-state index contributed by atoms with van der Waals surface area (Å²) >= 11 is 6.51. The lowest BCUT2D eigenvalue weighted by Gasteiger charge is -2.14. The summed E-state index contributed by atoms with van der Waals surface area (Å²) in [5.74, 6) is -4.25. The van der Waals surface area contributed by atoms with Crippen molar-refractivity contribution in [2.45, 2.75) is 6.42 Å². The number of carboxylic acid groups (broad SMARTS) is 2. The number of hydrogen-bond donors (Lipinski definition) is 2. The van der Waals surface area contributed by atoms with E-state index in [1.807, 2.05) is 19.0 Å². The van der Waals surface area contributed by atoms with Gasteiger partial charge in [-0.1, -0.05) is 35.9 Å². The molecule has 28 heavy (non-hydrogen) atoms. The molecule has 2 aromatic rings. The fraction of sp³-hybridized carbons (Fsp3) is 0.200. The zero-order valence-electron chi connectivity index (χ0n) is 15.3. The molecule has 5 nitrogen and oxygen atoms in total. The molecule has 0 aromatic heterocycles. The standard InChI is InChI=1S/C18H18ClF2N.C2H2O4/c1-22(2)12-11-17(19)18(13-3-7-15(20)8-4-13)14-5-9-16(21)10-6-14;3-1(4)2(5)6/h3-10H,11-12H2,1-2H3;(H,3,4)(H,5,6). The zero-order valence-corrected chi connectivity index (χ0v) is 16.1. The second-order valence-electron chi connectivity index (χ2n) is 5.96. The number of aliphatic carboxylic acids is 2. The van der Waals surface area contributed by atoms with E-state index in [4.69, 9.17) is 31.4 Å². The summed E-state index contributed by atoms with van der Waals surface area (Å²) in [5.41, 5.74) is 2.44. The number of halogens is 3. The SMILES string of the molecule is CN(C)CCC(Cl)=C(c1ccc(F)cc1)c1ccc(F)cc1.O=C(O)C(=O)O. The van der Waals surface area contributed by atoms with E-state index in [0.29, 0.717) is 11.5 Å². The highest BCUT2D eigenvalue weighted by Crippen LogP contribution is 2.31. The van der Waals surface area contributed by atoms with Gasteiger partial charge in [-0.25, -0.2) is 18.4 Å². The predicted molar refractivity (Wildman–Crippen MR) is 103 cm³/mol. The van der Waals surface area contributed by atoms with Crippen LogP contribution in [0.15, 0.2) is 53.6 Å². The van der Waals surface area contributed by atoms with Crippen molar-refractivity contribution in [2.75, 3.05) is 20.6 Å². The summed E-state index contributed by atoms with van der Waals surface area (Å²) in [4.78, 5) is 20.2. The van der Waals surface area contributed by atoms with Crippen LogP contribution < -0.4 is 0 Å². The van der Waals surface area contributed by atoms with Gasteiger partial charge >= 0.3 is 11.9 Å². The lowest BCUT2D eigenvalue weighted by atomic mass is 9.96. The molecule has 0 heterocycles. The van der Waals surface area contributed by atoms with Crippen molar-refractivity contribution in [3.63, 3.8) is 0 Å². The molecule has 2 N–H and O–H groups in total. The van der Waals surface area contributed by atoms with Crippen LogP contribution in [0.5, 0.6) is 0 Å². The van der Waals surface area contributed by atoms with Crippen molar-refractivity contribution in [1.29, 1.82) is 0 Å². The van der Waals surface area contributed by atoms with Crippen LogP contribution in [-0.4, -0.2) is 47.7 Å². The fourth-order valence-electron chi connectivity index (χ4n) is 2.16. The van der Waals surface area contributed by atoms with Gasteiger partial charge < -0.3 is 15.1 Å². The molecule has 0 bridgehead atoms. The van der Waals surface area contributed by atoms with Gasteiger partial charge in [0.1, 0.15) is 11.6 Å². The lowest BCUT2D eigenvalue weighted by molar-refractivity contribution is -0.159. The van der Waals surface area contributed by atoms with Crippen LogP contribution in [0.1, 0.15) is 17.5 Å². The van der Waals surface area contributed by atoms with Crippen molar-refractivity contribution in [3.8, 4) is 0 Å². The first-order valence-electron chi connectivity index (χ1n) is 8.13. The predicted octanol–water partition coefficient (Wildman–Crippen LogP) is 4.07. The summed E-state index contributed by atoms with van der Waals surface area (Å²) < 4.78 is 26.3. The third-order valence-corrected chi connectivity index (χ3v) is 3.88. The van der Waals surface area contributed by atoms with Crippen LogP contribution in [0.3, 0.4) is 0 Å². The van der Waals surface area contributed by atoms with E-state index in [1.54, 1.807) is 24.3 Å². The second kappa shape index (κ2) is 11.2. The maximum absolute atomic E-state index is 13.2. The van der Waals surface area contributed by atoms with Crippen LogP contribution >= 0.6 is 11.6 Å². The summed E-state index contributed by atoms with van der Waals surface area (Å²) in [5, 5.41) is 15.5. The maximum atomic E-state index is 13.2. The lowest BCUT2D eigenvalue weighted by Crippen LogP contribution is -2.13. The molecule has 0 fully saturated rings. The summed E-state index contributed by atoms with van der Waals surface area (Å²) in [6.45, 7) is 0.796. The van der Waals surface area contributed by atoms with Gasteiger partial charge in [0.25, 0.3) is 0 Å². The Morgan fingerprint density at radius 1 is 0.857 bits per heavy atom. The molecule has 2 aromatic carbocycles. The van der Waals surface area contributed by atoms with E-state index in [2.05, 4.69) is 0 Å². The Hall–Kier alpha value is -2.77. The van der Waals surface area contributed by atoms with Crippen molar-refractivity contribution >= 4 is 29.1 Å². The van der Waals surface area contributed by atoms with Gasteiger partial charge in [0.2, 0.25) is 0 Å². The highest BCUT2D eigenvalue weighted by Gasteiger charge is 2.11. The normalized spacial score (nSPS) is 10.1. The molecule has 0 saturated carbocycles. The fourth-order valence-corrected chi connectivity index (χ4v) is 2.46. The summed E-state index contributed by atoms with van der Waals surface area (Å²) in [7, 11) is 3.94. The van der Waals surface area contributed by atoms with Gasteiger partial charge in [0, 0.05) is 17.2 Å². The van der Waals surface area contributed by atoms with Gasteiger partial charge in [-0.3, -0.25) is 0 Å². The molecule has 0 saturated heterocycles. The summed E-state index contributed by atoms with van der Waals surface area (Å²) in [6.07, 6.45) is 0.665. The van der Waals surface area contributed by atoms with E-state index in [9.17, 15) is 8.78 Å². The molecular weight excluding hydrogens is 392 g/mol. The van der Waals surface area contributed by atoms with Gasteiger partial charge in [0.05, 0.1) is 0 Å². The van der Waals surface area contributed by atoms with E-state index in [1.165, 1.54) is 24.3 Å². The van der Waals surface area contributed by atoms with Crippen LogP contribution in [0.4, 0.5) is 8.78 Å². The number of hydrogen-bond acceptors (Lipinski definition) is 3. The van der Waals surface area contributed by atoms with E-state index >= 15 is 0 Å². The number of nitrogens with zero attached hydrogens (tertiary/aromatic N) is 1. The molecule has 0 radical (unpaired) electrons. The molecule has 0 atom stereocenters. The summed E-state index contributed by atoms with van der Waals surface area (Å²) in [6, 6.07) is 12.3. The van der Waals surface area contributed by atoms with Crippen molar-refractivity contribution in [3.05, 3.63) is 76.3 Å². The molecular formula is C20H20ClF2NO4. The van der Waals surface area contributed by atoms with Gasteiger partial charge in [-0.05, 0) is 55.9 Å². The Morgan fingerprint density at radius 2 is 1.21 bits per heavy atom. The number of benzene rings is 2. The Kier molecular flexibility index (Phi) is 9.27. The number of carbonyl (C=O) groups is 2. The van der Waals surface area contributed by atoms with E-state index < -0.39 is 11.9 Å². The minimum atomic E-state index is -1.82. The molecule has 0 unspecified atom stereocenters. The van der Waals surface area contributed by atoms with Gasteiger partial charge in [-0.15, -0.1) is 0 Å². The van der Waals surface area contributed by atoms with Crippen LogP contribution in [0, 0.1) is 11.6 Å². The average molecular weight is 412 g/mol. The van der Waals surface area contributed by atoms with Crippen LogP contribution in [0.25, 0.3) is 5.57 Å². The Balaban J connectivity index is 0.000000568. The van der Waals surface area contributed by atoms with Crippen LogP contribution in [-0.2, 0) is 9.59 Å². The van der Waals surface area contributed by atoms with Crippen molar-refractivity contribution in [2.24, 2.45) is 0 Å². The molecule has 2 rings (SSSR count). The molecule has 0 amide bonds. The highest BCUT2D eigenvalue weighted by atomic mass is 35.5. The number of rotatable bonds is 5. The Bertz CT molecular complexity index is 775. The first-order chi connectivity index (χ1) is 13.1. The van der Waals surface area contributed by atoms with E-state index in [0.717, 1.165) is 23.2 Å². The molecule has 0 aliphatic heterocycles. The Labute approximate surface area is 166 Å². The van der Waals surface area contributed by atoms with Crippen LogP contribution in [0.2, 0.25) is 0 Å². The van der Waals surface area contributed by atoms with Crippen molar-refractivity contribution in [1.82, 2.24) is 4.90 Å². The number of carboxylic acids is 2.